The summed E-state index contributed by atoms with van der Waals surface area (Å²) >= 11 is 1.51. The highest BCUT2D eigenvalue weighted by Crippen LogP contribution is 2.32. The minimum atomic E-state index is -0.130. The minimum absolute atomic E-state index is 0.0186. The molecule has 0 saturated carbocycles. The molecule has 1 aliphatic heterocycles. The first-order chi connectivity index (χ1) is 16.5. The number of urea groups is 1. The summed E-state index contributed by atoms with van der Waals surface area (Å²) in [5.41, 5.74) is 3.99. The maximum Gasteiger partial charge on any atom is 0.322 e. The maximum absolute atomic E-state index is 13.3. The lowest BCUT2D eigenvalue weighted by molar-refractivity contribution is 0.207. The van der Waals surface area contributed by atoms with Gasteiger partial charge in [0, 0.05) is 23.7 Å². The number of fused-ring (bicyclic) bond motifs is 3. The number of aryl methyl sites for hydroxylation is 3. The normalized spacial score (nSPS) is 13.1. The first kappa shape index (κ1) is 22.2. The highest BCUT2D eigenvalue weighted by molar-refractivity contribution is 7.18. The van der Waals surface area contributed by atoms with Crippen LogP contribution in [0.3, 0.4) is 0 Å². The van der Waals surface area contributed by atoms with E-state index < -0.39 is 0 Å². The van der Waals surface area contributed by atoms with Gasteiger partial charge in [0.25, 0.3) is 5.56 Å². The zero-order chi connectivity index (χ0) is 23.7. The number of hydrogen-bond donors (Lipinski definition) is 1. The largest absolute Gasteiger partial charge is 0.496 e. The van der Waals surface area contributed by atoms with E-state index in [0.29, 0.717) is 37.9 Å². The fourth-order valence-corrected chi connectivity index (χ4v) is 5.53. The van der Waals surface area contributed by atoms with Crippen LogP contribution in [0.5, 0.6) is 5.75 Å². The van der Waals surface area contributed by atoms with E-state index >= 15 is 0 Å². The molecule has 34 heavy (non-hydrogen) atoms. The summed E-state index contributed by atoms with van der Waals surface area (Å²) in [6, 6.07) is 15.5. The van der Waals surface area contributed by atoms with Crippen LogP contribution in [0.4, 0.5) is 10.5 Å². The highest BCUT2D eigenvalue weighted by atomic mass is 32.1. The van der Waals surface area contributed by atoms with E-state index in [1.807, 2.05) is 55.5 Å². The van der Waals surface area contributed by atoms with Gasteiger partial charge >= 0.3 is 6.03 Å². The van der Waals surface area contributed by atoms with Crippen LogP contribution in [0.2, 0.25) is 0 Å². The third-order valence-electron chi connectivity index (χ3n) is 6.23. The fraction of sp³-hybridized carbons (Fsp3) is 0.269. The lowest BCUT2D eigenvalue weighted by atomic mass is 10.1. The molecule has 174 valence electrons. The van der Waals surface area contributed by atoms with Crippen molar-refractivity contribution in [3.05, 3.63) is 86.8 Å². The third kappa shape index (κ3) is 4.28. The van der Waals surface area contributed by atoms with Crippen molar-refractivity contribution >= 4 is 33.3 Å². The van der Waals surface area contributed by atoms with Crippen LogP contribution < -0.4 is 15.6 Å². The minimum Gasteiger partial charge on any atom is -0.496 e. The first-order valence-corrected chi connectivity index (χ1v) is 12.1. The molecule has 3 heterocycles. The topological polar surface area (TPSA) is 76.5 Å². The predicted octanol–water partition coefficient (Wildman–Crippen LogP) is 4.61. The van der Waals surface area contributed by atoms with Crippen molar-refractivity contribution in [3.63, 3.8) is 0 Å². The number of nitrogens with one attached hydrogen (secondary N) is 1. The number of benzene rings is 2. The molecule has 0 bridgehead atoms. The molecule has 0 spiro atoms. The molecule has 2 aromatic carbocycles. The molecule has 7 nitrogen and oxygen atoms in total. The summed E-state index contributed by atoms with van der Waals surface area (Å²) in [7, 11) is 1.65. The number of rotatable bonds is 5. The van der Waals surface area contributed by atoms with Crippen molar-refractivity contribution in [2.45, 2.75) is 32.9 Å². The molecule has 4 aromatic rings. The van der Waals surface area contributed by atoms with Crippen molar-refractivity contribution in [1.29, 1.82) is 0 Å². The summed E-state index contributed by atoms with van der Waals surface area (Å²) in [4.78, 5) is 34.3. The molecule has 2 amide bonds. The molecule has 0 fully saturated rings. The molecule has 1 N–H and O–H groups in total. The van der Waals surface area contributed by atoms with Gasteiger partial charge in [-0.05, 0) is 49.1 Å². The standard InChI is InChI=1S/C26H26N4O3S/c1-17-7-9-19(10-8-17)28-26(32)29-14-12-20-22(15-29)34-24-23(20)25(31)30(16-27-24)13-11-18-5-3-4-6-21(18)33-2/h3-10,16H,11-15H2,1-2H3,(H,28,32). The molecule has 5 rings (SSSR count). The van der Waals surface area contributed by atoms with Gasteiger partial charge in [0.05, 0.1) is 25.4 Å². The number of thiophene rings is 1. The first-order valence-electron chi connectivity index (χ1n) is 11.3. The Morgan fingerprint density at radius 2 is 1.97 bits per heavy atom. The van der Waals surface area contributed by atoms with Crippen LogP contribution in [0, 0.1) is 6.92 Å². The Morgan fingerprint density at radius 1 is 1.18 bits per heavy atom. The smallest absolute Gasteiger partial charge is 0.322 e. The quantitative estimate of drug-likeness (QED) is 0.458. The molecule has 1 aliphatic rings. The van der Waals surface area contributed by atoms with Crippen LogP contribution in [0.1, 0.15) is 21.6 Å². The SMILES string of the molecule is COc1ccccc1CCn1cnc2sc3c(c2c1=O)CCN(C(=O)Nc1ccc(C)cc1)C3. The summed E-state index contributed by atoms with van der Waals surface area (Å²) in [5, 5.41) is 3.66. The van der Waals surface area contributed by atoms with Crippen LogP contribution in [0.25, 0.3) is 10.2 Å². The van der Waals surface area contributed by atoms with Crippen LogP contribution in [-0.2, 0) is 25.9 Å². The van der Waals surface area contributed by atoms with Gasteiger partial charge in [0.2, 0.25) is 0 Å². The van der Waals surface area contributed by atoms with Gasteiger partial charge in [-0.3, -0.25) is 9.36 Å². The summed E-state index contributed by atoms with van der Waals surface area (Å²) in [5.74, 6) is 0.821. The second kappa shape index (κ2) is 9.30. The van der Waals surface area contributed by atoms with Gasteiger partial charge < -0.3 is 15.0 Å². The van der Waals surface area contributed by atoms with E-state index in [9.17, 15) is 9.59 Å². The van der Waals surface area contributed by atoms with Gasteiger partial charge in [-0.15, -0.1) is 11.3 Å². The van der Waals surface area contributed by atoms with Crippen molar-refractivity contribution in [2.24, 2.45) is 0 Å². The summed E-state index contributed by atoms with van der Waals surface area (Å²) in [6.45, 7) is 3.58. The molecule has 8 heteroatoms. The number of nitrogens with zero attached hydrogens (tertiary/aromatic N) is 3. The zero-order valence-electron chi connectivity index (χ0n) is 19.2. The number of anilines is 1. The van der Waals surface area contributed by atoms with E-state index in [-0.39, 0.29) is 11.6 Å². The Balaban J connectivity index is 1.34. The van der Waals surface area contributed by atoms with E-state index in [2.05, 4.69) is 10.3 Å². The molecule has 0 saturated heterocycles. The number of carbonyl (C=O) groups excluding carboxylic acids is 1. The average Bonchev–Trinajstić information content (AvgIpc) is 3.23. The van der Waals surface area contributed by atoms with Crippen molar-refractivity contribution in [2.75, 3.05) is 19.0 Å². The lowest BCUT2D eigenvalue weighted by Crippen LogP contribution is -2.38. The number of methoxy groups -OCH3 is 1. The van der Waals surface area contributed by atoms with E-state index in [0.717, 1.165) is 37.8 Å². The molecule has 0 atom stereocenters. The Hall–Kier alpha value is -3.65. The second-order valence-electron chi connectivity index (χ2n) is 8.46. The van der Waals surface area contributed by atoms with Gasteiger partial charge in [-0.1, -0.05) is 35.9 Å². The number of aromatic nitrogens is 2. The molecule has 0 unspecified atom stereocenters. The molecular formula is C26H26N4O3S. The number of para-hydroxylation sites is 1. The molecular weight excluding hydrogens is 448 g/mol. The Kier molecular flexibility index (Phi) is 6.06. The number of hydrogen-bond acceptors (Lipinski definition) is 5. The van der Waals surface area contributed by atoms with Gasteiger partial charge in [0.1, 0.15) is 10.6 Å². The summed E-state index contributed by atoms with van der Waals surface area (Å²) in [6.07, 6.45) is 2.95. The number of carbonyl (C=O) groups is 1. The predicted molar refractivity (Wildman–Crippen MR) is 135 cm³/mol. The molecule has 0 aliphatic carbocycles. The molecule has 0 radical (unpaired) electrons. The van der Waals surface area contributed by atoms with Crippen LogP contribution in [0.15, 0.2) is 59.7 Å². The Morgan fingerprint density at radius 3 is 2.76 bits per heavy atom. The Labute approximate surface area is 201 Å². The summed E-state index contributed by atoms with van der Waals surface area (Å²) < 4.78 is 7.11. The van der Waals surface area contributed by atoms with Gasteiger partial charge in [-0.2, -0.15) is 0 Å². The highest BCUT2D eigenvalue weighted by Gasteiger charge is 2.26. The van der Waals surface area contributed by atoms with Crippen LogP contribution >= 0.6 is 11.3 Å². The number of amides is 2. The second-order valence-corrected chi connectivity index (χ2v) is 9.54. The molecule has 2 aromatic heterocycles. The Bertz CT molecular complexity index is 1410. The number of ether oxygens (including phenoxy) is 1. The van der Waals surface area contributed by atoms with Crippen molar-refractivity contribution in [1.82, 2.24) is 14.5 Å². The monoisotopic (exact) mass is 474 g/mol. The van der Waals surface area contributed by atoms with E-state index in [1.165, 1.54) is 11.3 Å². The third-order valence-corrected chi connectivity index (χ3v) is 7.36. The van der Waals surface area contributed by atoms with Gasteiger partial charge in [0.15, 0.2) is 0 Å². The van der Waals surface area contributed by atoms with Crippen molar-refractivity contribution in [3.8, 4) is 5.75 Å². The van der Waals surface area contributed by atoms with E-state index in [4.69, 9.17) is 4.74 Å². The lowest BCUT2D eigenvalue weighted by Gasteiger charge is -2.27. The van der Waals surface area contributed by atoms with Gasteiger partial charge in [-0.25, -0.2) is 9.78 Å². The average molecular weight is 475 g/mol. The maximum atomic E-state index is 13.3. The fourth-order valence-electron chi connectivity index (χ4n) is 4.34. The zero-order valence-corrected chi connectivity index (χ0v) is 20.0. The van der Waals surface area contributed by atoms with Crippen molar-refractivity contribution < 1.29 is 9.53 Å². The van der Waals surface area contributed by atoms with Crippen LogP contribution in [-0.4, -0.2) is 34.1 Å². The van der Waals surface area contributed by atoms with E-state index in [1.54, 1.807) is 22.9 Å².